The van der Waals surface area contributed by atoms with E-state index in [1.165, 1.54) is 0 Å². The van der Waals surface area contributed by atoms with Crippen molar-refractivity contribution in [3.63, 3.8) is 0 Å². The molecule has 0 aliphatic rings. The summed E-state index contributed by atoms with van der Waals surface area (Å²) in [6, 6.07) is 0. The maximum Gasteiger partial charge on any atom is 0.0999 e. The van der Waals surface area contributed by atoms with E-state index in [2.05, 4.69) is 19.2 Å². The van der Waals surface area contributed by atoms with E-state index in [0.717, 1.165) is 24.2 Å². The highest BCUT2D eigenvalue weighted by molar-refractivity contribution is 7.81. The molecule has 1 atom stereocenters. The van der Waals surface area contributed by atoms with E-state index in [1.807, 2.05) is 13.8 Å². The highest BCUT2D eigenvalue weighted by atomic mass is 32.1. The van der Waals surface area contributed by atoms with Crippen LogP contribution in [0.25, 0.3) is 0 Å². The maximum absolute atomic E-state index is 5.55. The van der Waals surface area contributed by atoms with Gasteiger partial charge in [-0.2, -0.15) is 12.6 Å². The Morgan fingerprint density at radius 1 is 1.47 bits per heavy atom. The first-order chi connectivity index (χ1) is 8.04. The minimum absolute atomic E-state index is 0.125. The van der Waals surface area contributed by atoms with Crippen LogP contribution in [0.15, 0.2) is 24.0 Å². The van der Waals surface area contributed by atoms with Gasteiger partial charge in [-0.05, 0) is 32.4 Å². The van der Waals surface area contributed by atoms with Crippen molar-refractivity contribution in [1.82, 2.24) is 0 Å². The summed E-state index contributed by atoms with van der Waals surface area (Å²) in [5, 5.41) is 0.125. The zero-order valence-electron chi connectivity index (χ0n) is 11.1. The number of hydrogen-bond acceptors (Lipinski definition) is 4. The molecular formula is C13H25NO2S. The van der Waals surface area contributed by atoms with Gasteiger partial charge in [-0.3, -0.25) is 0 Å². The zero-order chi connectivity index (χ0) is 13.3. The molecule has 0 amide bonds. The number of allylic oxidation sites excluding steroid dienone is 2. The molecule has 1 unspecified atom stereocenters. The lowest BCUT2D eigenvalue weighted by molar-refractivity contribution is 0.0781. The highest BCUT2D eigenvalue weighted by Gasteiger charge is 2.11. The van der Waals surface area contributed by atoms with Gasteiger partial charge in [-0.1, -0.05) is 12.7 Å². The van der Waals surface area contributed by atoms with E-state index < -0.39 is 0 Å². The molecule has 0 aliphatic carbocycles. The molecule has 0 aromatic rings. The quantitative estimate of drug-likeness (QED) is 0.380. The van der Waals surface area contributed by atoms with Crippen molar-refractivity contribution >= 4 is 12.6 Å². The van der Waals surface area contributed by atoms with Gasteiger partial charge in [0.2, 0.25) is 0 Å². The lowest BCUT2D eigenvalue weighted by atomic mass is 10.1. The molecule has 100 valence electrons. The van der Waals surface area contributed by atoms with Gasteiger partial charge in [0.05, 0.1) is 25.6 Å². The Bertz CT molecular complexity index is 252. The molecular weight excluding hydrogens is 234 g/mol. The molecule has 0 heterocycles. The summed E-state index contributed by atoms with van der Waals surface area (Å²) in [5.41, 5.74) is 6.60. The third kappa shape index (κ3) is 7.47. The first-order valence-electron chi connectivity index (χ1n) is 5.93. The van der Waals surface area contributed by atoms with Crippen molar-refractivity contribution in [2.24, 2.45) is 5.73 Å². The Kier molecular flexibility index (Phi) is 9.31. The number of methoxy groups -OCH3 is 1. The minimum Gasteiger partial charge on any atom is -0.501 e. The van der Waals surface area contributed by atoms with Crippen LogP contribution in [0.5, 0.6) is 0 Å². The zero-order valence-corrected chi connectivity index (χ0v) is 12.0. The van der Waals surface area contributed by atoms with Gasteiger partial charge >= 0.3 is 0 Å². The summed E-state index contributed by atoms with van der Waals surface area (Å²) >= 11 is 4.49. The molecule has 0 spiro atoms. The lowest BCUT2D eigenvalue weighted by Crippen LogP contribution is -2.15. The number of rotatable bonds is 9. The van der Waals surface area contributed by atoms with Crippen LogP contribution in [0.1, 0.15) is 26.7 Å². The smallest absolute Gasteiger partial charge is 0.0999 e. The molecule has 0 bridgehead atoms. The summed E-state index contributed by atoms with van der Waals surface area (Å²) in [7, 11) is 1.67. The van der Waals surface area contributed by atoms with E-state index in [1.54, 1.807) is 13.2 Å². The molecule has 0 aromatic heterocycles. The van der Waals surface area contributed by atoms with Crippen molar-refractivity contribution in [3.05, 3.63) is 24.0 Å². The Balaban J connectivity index is 4.40. The van der Waals surface area contributed by atoms with Crippen LogP contribution in [0, 0.1) is 0 Å². The molecule has 0 fully saturated rings. The lowest BCUT2D eigenvalue weighted by Gasteiger charge is -2.17. The third-order valence-corrected chi connectivity index (χ3v) is 2.64. The molecule has 0 saturated carbocycles. The highest BCUT2D eigenvalue weighted by Crippen LogP contribution is 2.19. The fourth-order valence-corrected chi connectivity index (χ4v) is 1.68. The molecule has 0 aliphatic heterocycles. The third-order valence-electron chi connectivity index (χ3n) is 2.31. The Labute approximate surface area is 110 Å². The monoisotopic (exact) mass is 259 g/mol. The van der Waals surface area contributed by atoms with Gasteiger partial charge in [-0.25, -0.2) is 0 Å². The van der Waals surface area contributed by atoms with Crippen molar-refractivity contribution in [2.75, 3.05) is 20.3 Å². The van der Waals surface area contributed by atoms with Crippen LogP contribution in [-0.4, -0.2) is 31.6 Å². The molecule has 0 radical (unpaired) electrons. The normalized spacial score (nSPS) is 14.5. The summed E-state index contributed by atoms with van der Waals surface area (Å²) in [5.74, 6) is 0.901. The van der Waals surface area contributed by atoms with E-state index in [-0.39, 0.29) is 11.4 Å². The second-order valence-electron chi connectivity index (χ2n) is 4.14. The fourth-order valence-electron chi connectivity index (χ4n) is 1.43. The van der Waals surface area contributed by atoms with Gasteiger partial charge in [0.15, 0.2) is 0 Å². The summed E-state index contributed by atoms with van der Waals surface area (Å²) < 4.78 is 10.9. The fraction of sp³-hybridized carbons (Fsp3) is 0.692. The van der Waals surface area contributed by atoms with Gasteiger partial charge in [0.1, 0.15) is 0 Å². The number of nitrogens with two attached hydrogens (primary N) is 1. The van der Waals surface area contributed by atoms with Gasteiger partial charge < -0.3 is 15.2 Å². The van der Waals surface area contributed by atoms with Crippen molar-refractivity contribution in [1.29, 1.82) is 0 Å². The predicted molar refractivity (Wildman–Crippen MR) is 76.4 cm³/mol. The molecule has 0 aromatic carbocycles. The average Bonchev–Trinajstić information content (AvgIpc) is 2.30. The van der Waals surface area contributed by atoms with Crippen LogP contribution >= 0.6 is 12.6 Å². The molecule has 4 heteroatoms. The SMILES string of the molecule is C=C/C(CCN)=C(\CC(S)COC(C)C)OC. The van der Waals surface area contributed by atoms with E-state index in [4.69, 9.17) is 15.2 Å². The molecule has 17 heavy (non-hydrogen) atoms. The van der Waals surface area contributed by atoms with Crippen molar-refractivity contribution < 1.29 is 9.47 Å². The molecule has 2 N–H and O–H groups in total. The second-order valence-corrected chi connectivity index (χ2v) is 4.87. The maximum atomic E-state index is 5.55. The Hall–Kier alpha value is -0.450. The van der Waals surface area contributed by atoms with Crippen LogP contribution in [0.4, 0.5) is 0 Å². The minimum atomic E-state index is 0.125. The topological polar surface area (TPSA) is 44.5 Å². The van der Waals surface area contributed by atoms with Gasteiger partial charge in [0, 0.05) is 11.7 Å². The first-order valence-corrected chi connectivity index (χ1v) is 6.44. The molecule has 0 rings (SSSR count). The number of hydrogen-bond donors (Lipinski definition) is 2. The van der Waals surface area contributed by atoms with Gasteiger partial charge in [-0.15, -0.1) is 0 Å². The first kappa shape index (κ1) is 16.6. The summed E-state index contributed by atoms with van der Waals surface area (Å²) in [6.45, 7) is 9.01. The van der Waals surface area contributed by atoms with Crippen LogP contribution in [0.2, 0.25) is 0 Å². The van der Waals surface area contributed by atoms with Crippen molar-refractivity contribution in [2.45, 2.75) is 38.0 Å². The molecule has 3 nitrogen and oxygen atoms in total. The van der Waals surface area contributed by atoms with Crippen LogP contribution < -0.4 is 5.73 Å². The van der Waals surface area contributed by atoms with Crippen LogP contribution in [0.3, 0.4) is 0 Å². The number of ether oxygens (including phenoxy) is 2. The average molecular weight is 259 g/mol. The van der Waals surface area contributed by atoms with E-state index in [9.17, 15) is 0 Å². The summed E-state index contributed by atoms with van der Waals surface area (Å²) in [4.78, 5) is 0. The predicted octanol–water partition coefficient (Wildman–Crippen LogP) is 2.54. The largest absolute Gasteiger partial charge is 0.501 e. The van der Waals surface area contributed by atoms with E-state index in [0.29, 0.717) is 13.2 Å². The standard InChI is InChI=1S/C13H25NO2S/c1-5-11(6-7-14)13(15-4)8-12(17)9-16-10(2)3/h5,10,12,17H,1,6-9,14H2,2-4H3/b13-11-. The summed E-state index contributed by atoms with van der Waals surface area (Å²) in [6.07, 6.45) is 3.53. The Morgan fingerprint density at radius 3 is 2.53 bits per heavy atom. The molecule has 0 saturated heterocycles. The van der Waals surface area contributed by atoms with Crippen molar-refractivity contribution in [3.8, 4) is 0 Å². The number of thiol groups is 1. The van der Waals surface area contributed by atoms with Crippen LogP contribution in [-0.2, 0) is 9.47 Å². The Morgan fingerprint density at radius 2 is 2.12 bits per heavy atom. The van der Waals surface area contributed by atoms with Gasteiger partial charge in [0.25, 0.3) is 0 Å². The second kappa shape index (κ2) is 9.57. The van der Waals surface area contributed by atoms with E-state index >= 15 is 0 Å².